The number of carbonyl (C=O) groups is 2. The Morgan fingerprint density at radius 3 is 2.56 bits per heavy atom. The number of aromatic nitrogens is 2. The van der Waals surface area contributed by atoms with E-state index in [4.69, 9.17) is 0 Å². The smallest absolute Gasteiger partial charge is 0.321 e. The zero-order valence-electron chi connectivity index (χ0n) is 14.7. The predicted molar refractivity (Wildman–Crippen MR) is 98.9 cm³/mol. The second-order valence-electron chi connectivity index (χ2n) is 5.79. The fourth-order valence-electron chi connectivity index (χ4n) is 2.29. The van der Waals surface area contributed by atoms with E-state index in [9.17, 15) is 14.4 Å². The standard InChI is InChI=1S/C17H22N4O3S/c1-5-18-16(24)20-14(22)11(4)25-17-19-13-9-7-6-8-12(13)15(23)21(17)10(2)3/h6-11H,5H2,1-4H3,(H2,18,20,22,24)/t11-/m0/s1. The van der Waals surface area contributed by atoms with Gasteiger partial charge in [0.2, 0.25) is 5.91 Å². The number of imide groups is 1. The number of para-hydroxylation sites is 1. The van der Waals surface area contributed by atoms with E-state index in [1.165, 1.54) is 0 Å². The number of hydrogen-bond acceptors (Lipinski definition) is 5. The van der Waals surface area contributed by atoms with Crippen LogP contribution in [0, 0.1) is 0 Å². The Balaban J connectivity index is 2.33. The van der Waals surface area contributed by atoms with Gasteiger partial charge < -0.3 is 5.32 Å². The highest BCUT2D eigenvalue weighted by molar-refractivity contribution is 8.00. The Morgan fingerprint density at radius 2 is 1.92 bits per heavy atom. The van der Waals surface area contributed by atoms with E-state index < -0.39 is 17.2 Å². The first-order chi connectivity index (χ1) is 11.8. The number of hydrogen-bond donors (Lipinski definition) is 2. The summed E-state index contributed by atoms with van der Waals surface area (Å²) in [6.07, 6.45) is 0. The predicted octanol–water partition coefficient (Wildman–Crippen LogP) is 2.30. The van der Waals surface area contributed by atoms with Crippen molar-refractivity contribution in [2.75, 3.05) is 6.54 Å². The van der Waals surface area contributed by atoms with Gasteiger partial charge >= 0.3 is 6.03 Å². The van der Waals surface area contributed by atoms with Crippen LogP contribution in [0.4, 0.5) is 4.79 Å². The lowest BCUT2D eigenvalue weighted by atomic mass is 10.2. The van der Waals surface area contributed by atoms with Crippen molar-refractivity contribution in [3.63, 3.8) is 0 Å². The van der Waals surface area contributed by atoms with Gasteiger partial charge in [-0.15, -0.1) is 0 Å². The lowest BCUT2D eigenvalue weighted by molar-refractivity contribution is -0.119. The minimum atomic E-state index is -0.583. The number of benzene rings is 1. The van der Waals surface area contributed by atoms with Crippen LogP contribution in [-0.4, -0.2) is 33.3 Å². The van der Waals surface area contributed by atoms with E-state index in [0.29, 0.717) is 22.6 Å². The van der Waals surface area contributed by atoms with Gasteiger partial charge in [0.25, 0.3) is 5.56 Å². The first kappa shape index (κ1) is 19.0. The van der Waals surface area contributed by atoms with E-state index in [0.717, 1.165) is 11.8 Å². The lowest BCUT2D eigenvalue weighted by Gasteiger charge is -2.18. The van der Waals surface area contributed by atoms with Crippen molar-refractivity contribution >= 4 is 34.6 Å². The minimum absolute atomic E-state index is 0.106. The van der Waals surface area contributed by atoms with Gasteiger partial charge in [0.15, 0.2) is 5.16 Å². The van der Waals surface area contributed by atoms with Gasteiger partial charge in [-0.05, 0) is 39.8 Å². The SMILES string of the molecule is CCNC(=O)NC(=O)[C@H](C)Sc1nc2ccccc2c(=O)n1C(C)C. The molecule has 0 aliphatic rings. The minimum Gasteiger partial charge on any atom is -0.338 e. The molecule has 0 aliphatic heterocycles. The molecule has 134 valence electrons. The number of amides is 3. The average Bonchev–Trinajstić information content (AvgIpc) is 2.54. The van der Waals surface area contributed by atoms with Crippen LogP contribution >= 0.6 is 11.8 Å². The van der Waals surface area contributed by atoms with E-state index in [1.807, 2.05) is 19.9 Å². The second kappa shape index (κ2) is 8.15. The third-order valence-corrected chi connectivity index (χ3v) is 4.58. The molecule has 7 nitrogen and oxygen atoms in total. The summed E-state index contributed by atoms with van der Waals surface area (Å²) < 4.78 is 1.57. The van der Waals surface area contributed by atoms with Gasteiger partial charge in [-0.2, -0.15) is 0 Å². The molecule has 0 fully saturated rings. The second-order valence-corrected chi connectivity index (χ2v) is 7.10. The van der Waals surface area contributed by atoms with Crippen molar-refractivity contribution in [1.82, 2.24) is 20.2 Å². The van der Waals surface area contributed by atoms with Crippen molar-refractivity contribution in [2.24, 2.45) is 0 Å². The van der Waals surface area contributed by atoms with Crippen molar-refractivity contribution < 1.29 is 9.59 Å². The molecule has 0 saturated carbocycles. The molecule has 1 aromatic carbocycles. The largest absolute Gasteiger partial charge is 0.338 e. The average molecular weight is 362 g/mol. The van der Waals surface area contributed by atoms with Crippen LogP contribution in [0.15, 0.2) is 34.2 Å². The van der Waals surface area contributed by atoms with Crippen LogP contribution in [0.5, 0.6) is 0 Å². The van der Waals surface area contributed by atoms with Gasteiger partial charge in [-0.25, -0.2) is 9.78 Å². The van der Waals surface area contributed by atoms with Crippen molar-refractivity contribution in [3.05, 3.63) is 34.6 Å². The number of urea groups is 1. The highest BCUT2D eigenvalue weighted by Crippen LogP contribution is 2.24. The summed E-state index contributed by atoms with van der Waals surface area (Å²) in [5.74, 6) is -0.436. The molecule has 0 radical (unpaired) electrons. The third kappa shape index (κ3) is 4.39. The molecule has 0 unspecified atom stereocenters. The molecular formula is C17H22N4O3S. The van der Waals surface area contributed by atoms with Gasteiger partial charge in [-0.3, -0.25) is 19.5 Å². The van der Waals surface area contributed by atoms with E-state index >= 15 is 0 Å². The molecule has 0 bridgehead atoms. The highest BCUT2D eigenvalue weighted by Gasteiger charge is 2.21. The molecule has 8 heteroatoms. The molecule has 25 heavy (non-hydrogen) atoms. The molecule has 0 saturated heterocycles. The molecule has 1 aromatic heterocycles. The van der Waals surface area contributed by atoms with Crippen LogP contribution < -0.4 is 16.2 Å². The molecule has 0 spiro atoms. The zero-order valence-corrected chi connectivity index (χ0v) is 15.5. The molecule has 1 heterocycles. The summed E-state index contributed by atoms with van der Waals surface area (Å²) in [5.41, 5.74) is 0.447. The summed E-state index contributed by atoms with van der Waals surface area (Å²) in [6, 6.07) is 6.48. The fraction of sp³-hybridized carbons (Fsp3) is 0.412. The van der Waals surface area contributed by atoms with Crippen LogP contribution in [0.25, 0.3) is 10.9 Å². The zero-order chi connectivity index (χ0) is 18.6. The normalized spacial score (nSPS) is 12.2. The molecule has 2 N–H and O–H groups in total. The quantitative estimate of drug-likeness (QED) is 0.629. The molecule has 1 atom stereocenters. The monoisotopic (exact) mass is 362 g/mol. The summed E-state index contributed by atoms with van der Waals surface area (Å²) in [5, 5.41) is 5.20. The van der Waals surface area contributed by atoms with Crippen molar-refractivity contribution in [3.8, 4) is 0 Å². The Kier molecular flexibility index (Phi) is 6.19. The maximum absolute atomic E-state index is 12.7. The lowest BCUT2D eigenvalue weighted by Crippen LogP contribution is -2.42. The number of nitrogens with one attached hydrogen (secondary N) is 2. The van der Waals surface area contributed by atoms with Gasteiger partial charge in [0.1, 0.15) is 0 Å². The first-order valence-electron chi connectivity index (χ1n) is 8.11. The Labute approximate surface area is 150 Å². The molecule has 3 amide bonds. The van der Waals surface area contributed by atoms with E-state index in [2.05, 4.69) is 15.6 Å². The van der Waals surface area contributed by atoms with Crippen LogP contribution in [0.3, 0.4) is 0 Å². The van der Waals surface area contributed by atoms with Crippen LogP contribution in [0.2, 0.25) is 0 Å². The molecule has 0 aliphatic carbocycles. The van der Waals surface area contributed by atoms with Gasteiger partial charge in [-0.1, -0.05) is 23.9 Å². The maximum Gasteiger partial charge on any atom is 0.321 e. The van der Waals surface area contributed by atoms with Crippen molar-refractivity contribution in [2.45, 2.75) is 44.1 Å². The summed E-state index contributed by atoms with van der Waals surface area (Å²) >= 11 is 1.16. The summed E-state index contributed by atoms with van der Waals surface area (Å²) in [7, 11) is 0. The summed E-state index contributed by atoms with van der Waals surface area (Å²) in [6.45, 7) is 7.65. The highest BCUT2D eigenvalue weighted by atomic mass is 32.2. The fourth-order valence-corrected chi connectivity index (χ4v) is 3.33. The number of nitrogens with zero attached hydrogens (tertiary/aromatic N) is 2. The molecular weight excluding hydrogens is 340 g/mol. The van der Waals surface area contributed by atoms with Crippen molar-refractivity contribution in [1.29, 1.82) is 0 Å². The van der Waals surface area contributed by atoms with Crippen LogP contribution in [-0.2, 0) is 4.79 Å². The molecule has 2 rings (SSSR count). The summed E-state index contributed by atoms with van der Waals surface area (Å²) in [4.78, 5) is 40.9. The third-order valence-electron chi connectivity index (χ3n) is 3.52. The van der Waals surface area contributed by atoms with Gasteiger partial charge in [0, 0.05) is 12.6 Å². The van der Waals surface area contributed by atoms with Gasteiger partial charge in [0.05, 0.1) is 16.2 Å². The Hall–Kier alpha value is -2.35. The van der Waals surface area contributed by atoms with E-state index in [-0.39, 0.29) is 11.6 Å². The number of rotatable bonds is 5. The maximum atomic E-state index is 12.7. The number of thioether (sulfide) groups is 1. The Bertz CT molecular complexity index is 847. The van der Waals surface area contributed by atoms with E-state index in [1.54, 1.807) is 36.6 Å². The Morgan fingerprint density at radius 1 is 1.24 bits per heavy atom. The first-order valence-corrected chi connectivity index (χ1v) is 8.99. The number of fused-ring (bicyclic) bond motifs is 1. The molecule has 2 aromatic rings. The van der Waals surface area contributed by atoms with Crippen LogP contribution in [0.1, 0.15) is 33.7 Å². The number of carbonyl (C=O) groups excluding carboxylic acids is 2. The topological polar surface area (TPSA) is 93.1 Å².